The van der Waals surface area contributed by atoms with Crippen LogP contribution in [0.3, 0.4) is 0 Å². The largest absolute Gasteiger partial charge is 0.384 e. The number of anilines is 2. The normalized spacial score (nSPS) is 10.9. The Kier molecular flexibility index (Phi) is 5.49. The molecule has 0 amide bonds. The van der Waals surface area contributed by atoms with Crippen molar-refractivity contribution in [2.75, 3.05) is 30.8 Å². The van der Waals surface area contributed by atoms with Crippen LogP contribution in [0.5, 0.6) is 0 Å². The van der Waals surface area contributed by atoms with Crippen molar-refractivity contribution in [3.8, 4) is 11.3 Å². The molecule has 0 fully saturated rings. The van der Waals surface area contributed by atoms with Crippen molar-refractivity contribution in [1.82, 2.24) is 19.7 Å². The summed E-state index contributed by atoms with van der Waals surface area (Å²) >= 11 is 0. The number of fused-ring (bicyclic) bond motifs is 1. The van der Waals surface area contributed by atoms with Crippen LogP contribution in [-0.4, -0.2) is 34.5 Å². The molecule has 0 saturated heterocycles. The summed E-state index contributed by atoms with van der Waals surface area (Å²) < 4.78 is 2.05. The molecule has 6 heteroatoms. The summed E-state index contributed by atoms with van der Waals surface area (Å²) in [7, 11) is 1.85. The summed E-state index contributed by atoms with van der Waals surface area (Å²) in [6.45, 7) is 2.67. The van der Waals surface area contributed by atoms with Crippen molar-refractivity contribution in [3.63, 3.8) is 0 Å². The first-order chi connectivity index (χ1) is 13.8. The Hall–Kier alpha value is -3.38. The number of hydrogen-bond acceptors (Lipinski definition) is 5. The highest BCUT2D eigenvalue weighted by molar-refractivity contribution is 5.71. The molecule has 0 bridgehead atoms. The predicted molar refractivity (Wildman–Crippen MR) is 115 cm³/mol. The first kappa shape index (κ1) is 18.0. The Balaban J connectivity index is 1.34. The molecule has 0 aliphatic rings. The van der Waals surface area contributed by atoms with Gasteiger partial charge in [0.25, 0.3) is 0 Å². The molecule has 0 unspecified atom stereocenters. The highest BCUT2D eigenvalue weighted by atomic mass is 15.1. The highest BCUT2D eigenvalue weighted by Gasteiger charge is 2.09. The average molecular weight is 372 g/mol. The van der Waals surface area contributed by atoms with Gasteiger partial charge < -0.3 is 16.0 Å². The van der Waals surface area contributed by atoms with Gasteiger partial charge in [-0.1, -0.05) is 42.5 Å². The SMILES string of the molecule is CNc1nccn2c(-c3ccc(NCCNCc4ccccc4)cc3)cnc12. The molecule has 0 aliphatic carbocycles. The third kappa shape index (κ3) is 3.97. The number of hydrogen-bond donors (Lipinski definition) is 3. The van der Waals surface area contributed by atoms with Crippen LogP contribution in [0.15, 0.2) is 73.2 Å². The van der Waals surface area contributed by atoms with Gasteiger partial charge in [0, 0.05) is 50.3 Å². The van der Waals surface area contributed by atoms with Crippen LogP contribution >= 0.6 is 0 Å². The number of rotatable bonds is 8. The maximum Gasteiger partial charge on any atom is 0.180 e. The number of nitrogens with one attached hydrogen (secondary N) is 3. The van der Waals surface area contributed by atoms with E-state index in [0.717, 1.165) is 48.0 Å². The van der Waals surface area contributed by atoms with Crippen molar-refractivity contribution in [2.45, 2.75) is 6.54 Å². The van der Waals surface area contributed by atoms with Crippen molar-refractivity contribution in [1.29, 1.82) is 0 Å². The van der Waals surface area contributed by atoms with Crippen molar-refractivity contribution in [2.24, 2.45) is 0 Å². The van der Waals surface area contributed by atoms with Crippen molar-refractivity contribution >= 4 is 17.2 Å². The van der Waals surface area contributed by atoms with Gasteiger partial charge in [0.2, 0.25) is 0 Å². The lowest BCUT2D eigenvalue weighted by atomic mass is 10.1. The molecular formula is C22H24N6. The predicted octanol–water partition coefficient (Wildman–Crippen LogP) is 3.64. The van der Waals surface area contributed by atoms with Gasteiger partial charge in [0.05, 0.1) is 11.9 Å². The van der Waals surface area contributed by atoms with Gasteiger partial charge in [0.1, 0.15) is 0 Å². The minimum absolute atomic E-state index is 0.773. The third-order valence-corrected chi connectivity index (χ3v) is 4.65. The summed E-state index contributed by atoms with van der Waals surface area (Å²) in [4.78, 5) is 8.80. The van der Waals surface area contributed by atoms with Gasteiger partial charge in [-0.25, -0.2) is 9.97 Å². The third-order valence-electron chi connectivity index (χ3n) is 4.65. The molecule has 4 aromatic rings. The Labute approximate surface area is 164 Å². The van der Waals surface area contributed by atoms with Gasteiger partial charge in [-0.2, -0.15) is 0 Å². The van der Waals surface area contributed by atoms with Crippen LogP contribution in [0.4, 0.5) is 11.5 Å². The van der Waals surface area contributed by atoms with E-state index in [1.54, 1.807) is 6.20 Å². The fourth-order valence-corrected chi connectivity index (χ4v) is 3.19. The highest BCUT2D eigenvalue weighted by Crippen LogP contribution is 2.24. The maximum absolute atomic E-state index is 4.50. The zero-order valence-electron chi connectivity index (χ0n) is 15.9. The van der Waals surface area contributed by atoms with Gasteiger partial charge in [-0.15, -0.1) is 0 Å². The Morgan fingerprint density at radius 2 is 1.75 bits per heavy atom. The minimum Gasteiger partial charge on any atom is -0.384 e. The summed E-state index contributed by atoms with van der Waals surface area (Å²) in [6.07, 6.45) is 5.60. The van der Waals surface area contributed by atoms with Crippen molar-refractivity contribution < 1.29 is 0 Å². The smallest absolute Gasteiger partial charge is 0.180 e. The molecule has 3 N–H and O–H groups in total. The van der Waals surface area contributed by atoms with Crippen LogP contribution < -0.4 is 16.0 Å². The van der Waals surface area contributed by atoms with Crippen LogP contribution in [0.25, 0.3) is 16.9 Å². The van der Waals surface area contributed by atoms with Crippen LogP contribution in [0, 0.1) is 0 Å². The Bertz CT molecular complexity index is 1020. The number of imidazole rings is 1. The van der Waals surface area contributed by atoms with E-state index in [-0.39, 0.29) is 0 Å². The minimum atomic E-state index is 0.773. The zero-order chi connectivity index (χ0) is 19.2. The second kappa shape index (κ2) is 8.54. The quantitative estimate of drug-likeness (QED) is 0.412. The van der Waals surface area contributed by atoms with Crippen LogP contribution in [0.2, 0.25) is 0 Å². The first-order valence-corrected chi connectivity index (χ1v) is 9.44. The topological polar surface area (TPSA) is 66.3 Å². The van der Waals surface area contributed by atoms with E-state index in [1.165, 1.54) is 5.56 Å². The molecule has 28 heavy (non-hydrogen) atoms. The Morgan fingerprint density at radius 3 is 2.54 bits per heavy atom. The standard InChI is InChI=1S/C22H24N6/c1-23-21-22-27-16-20(28(22)14-13-26-21)18-7-9-19(10-8-18)25-12-11-24-15-17-5-3-2-4-6-17/h2-10,13-14,16,24-25H,11-12,15H2,1H3,(H,23,26). The summed E-state index contributed by atoms with van der Waals surface area (Å²) in [5, 5.41) is 9.98. The molecule has 0 radical (unpaired) electrons. The molecule has 2 aromatic carbocycles. The zero-order valence-corrected chi connectivity index (χ0v) is 15.9. The lowest BCUT2D eigenvalue weighted by molar-refractivity contribution is 0.707. The average Bonchev–Trinajstić information content (AvgIpc) is 3.19. The molecule has 2 aromatic heterocycles. The van der Waals surface area contributed by atoms with Crippen molar-refractivity contribution in [3.05, 3.63) is 78.8 Å². The molecule has 4 rings (SSSR count). The van der Waals surface area contributed by atoms with Crippen LogP contribution in [0.1, 0.15) is 5.56 Å². The molecule has 0 saturated carbocycles. The molecule has 0 aliphatic heterocycles. The summed E-state index contributed by atoms with van der Waals surface area (Å²) in [6, 6.07) is 18.9. The second-order valence-corrected chi connectivity index (χ2v) is 6.53. The maximum atomic E-state index is 4.50. The van der Waals surface area contributed by atoms with E-state index in [1.807, 2.05) is 25.5 Å². The fourth-order valence-electron chi connectivity index (χ4n) is 3.19. The van der Waals surface area contributed by atoms with Gasteiger partial charge in [0.15, 0.2) is 11.5 Å². The van der Waals surface area contributed by atoms with Gasteiger partial charge in [-0.3, -0.25) is 4.40 Å². The van der Waals surface area contributed by atoms with E-state index in [9.17, 15) is 0 Å². The van der Waals surface area contributed by atoms with Crippen LogP contribution in [-0.2, 0) is 6.54 Å². The lowest BCUT2D eigenvalue weighted by Crippen LogP contribution is -2.21. The number of nitrogens with zero attached hydrogens (tertiary/aromatic N) is 3. The number of benzene rings is 2. The molecule has 0 spiro atoms. The summed E-state index contributed by atoms with van der Waals surface area (Å²) in [5.41, 5.74) is 5.40. The van der Waals surface area contributed by atoms with E-state index in [4.69, 9.17) is 0 Å². The molecule has 142 valence electrons. The molecular weight excluding hydrogens is 348 g/mol. The molecule has 0 atom stereocenters. The molecule has 2 heterocycles. The Morgan fingerprint density at radius 1 is 0.929 bits per heavy atom. The van der Waals surface area contributed by atoms with Gasteiger partial charge >= 0.3 is 0 Å². The van der Waals surface area contributed by atoms with E-state index in [0.29, 0.717) is 0 Å². The van der Waals surface area contributed by atoms with Gasteiger partial charge in [-0.05, 0) is 17.7 Å². The second-order valence-electron chi connectivity index (χ2n) is 6.53. The summed E-state index contributed by atoms with van der Waals surface area (Å²) in [5.74, 6) is 0.773. The fraction of sp³-hybridized carbons (Fsp3) is 0.182. The number of aromatic nitrogens is 3. The molecule has 6 nitrogen and oxygen atoms in total. The van der Waals surface area contributed by atoms with E-state index < -0.39 is 0 Å². The monoisotopic (exact) mass is 372 g/mol. The van der Waals surface area contributed by atoms with E-state index in [2.05, 4.69) is 78.8 Å². The van der Waals surface area contributed by atoms with E-state index >= 15 is 0 Å². The lowest BCUT2D eigenvalue weighted by Gasteiger charge is -2.09. The first-order valence-electron chi connectivity index (χ1n) is 9.44.